The molecule has 9 heteroatoms. The van der Waals surface area contributed by atoms with Crippen LogP contribution in [0, 0.1) is 5.82 Å². The van der Waals surface area contributed by atoms with Crippen LogP contribution in [0.15, 0.2) is 34.8 Å². The highest BCUT2D eigenvalue weighted by molar-refractivity contribution is 9.10. The summed E-state index contributed by atoms with van der Waals surface area (Å²) in [4.78, 5) is 13.4. The van der Waals surface area contributed by atoms with Gasteiger partial charge in [0, 0.05) is 29.5 Å². The van der Waals surface area contributed by atoms with Crippen molar-refractivity contribution >= 4 is 44.8 Å². The van der Waals surface area contributed by atoms with Gasteiger partial charge in [-0.05, 0) is 43.2 Å². The number of carbonyl (C=O) groups excluding carboxylic acids is 1. The predicted molar refractivity (Wildman–Crippen MR) is 116 cm³/mol. The molecule has 1 fully saturated rings. The van der Waals surface area contributed by atoms with Gasteiger partial charge < -0.3 is 25.2 Å². The molecule has 2 aliphatic heterocycles. The second-order valence-electron chi connectivity index (χ2n) is 7.65. The van der Waals surface area contributed by atoms with Crippen LogP contribution < -0.4 is 15.0 Å². The number of β-amino-alcohol motifs (C(OH)–C–C–N with tert-alkyl or cyclic N) is 1. The number of hydrogen-bond acceptors (Lipinski definition) is 5. The smallest absolute Gasteiger partial charge is 0.224 e. The number of rotatable bonds is 4. The zero-order valence-electron chi connectivity index (χ0n) is 16.0. The van der Waals surface area contributed by atoms with Gasteiger partial charge in [0.05, 0.1) is 16.4 Å². The molecule has 0 radical (unpaired) electrons. The molecular formula is C21H21BrClFN2O4. The van der Waals surface area contributed by atoms with Crippen LogP contribution in [0.3, 0.4) is 0 Å². The van der Waals surface area contributed by atoms with Gasteiger partial charge in [0.2, 0.25) is 5.91 Å². The number of nitrogens with one attached hydrogen (secondary N) is 1. The van der Waals surface area contributed by atoms with E-state index in [1.165, 1.54) is 6.07 Å². The van der Waals surface area contributed by atoms with Crippen LogP contribution in [-0.2, 0) is 11.2 Å². The summed E-state index contributed by atoms with van der Waals surface area (Å²) in [6.45, 7) is 0.310. The van der Waals surface area contributed by atoms with Crippen molar-refractivity contribution in [2.24, 2.45) is 0 Å². The Labute approximate surface area is 186 Å². The van der Waals surface area contributed by atoms with Crippen molar-refractivity contribution in [1.29, 1.82) is 0 Å². The Morgan fingerprint density at radius 3 is 2.87 bits per heavy atom. The summed E-state index contributed by atoms with van der Waals surface area (Å²) in [5.74, 6) is 0.00709. The lowest BCUT2D eigenvalue weighted by atomic mass is 9.89. The van der Waals surface area contributed by atoms with E-state index in [9.17, 15) is 19.4 Å². The Balaban J connectivity index is 1.46. The van der Waals surface area contributed by atoms with E-state index < -0.39 is 17.5 Å². The maximum atomic E-state index is 14.3. The standard InChI is InChI=1S/C21H21BrClFN2O4/c22-12-1-4-16(15(24)9-12)26-8-7-21(29,18(27)10-26)11-30-17-5-3-14(23)20-13(17)2-6-19(28)25-20/h1,3-5,9,18,27,29H,2,6-8,10-11H2,(H,25,28). The fraction of sp³-hybridized carbons (Fsp3) is 0.381. The summed E-state index contributed by atoms with van der Waals surface area (Å²) in [6, 6.07) is 8.06. The van der Waals surface area contributed by atoms with Gasteiger partial charge in [0.25, 0.3) is 0 Å². The molecule has 2 unspecified atom stereocenters. The third kappa shape index (κ3) is 4.14. The Bertz CT molecular complexity index is 992. The molecule has 1 saturated heterocycles. The first-order valence-corrected chi connectivity index (χ1v) is 10.8. The molecule has 0 saturated carbocycles. The number of nitrogens with zero attached hydrogens (tertiary/aromatic N) is 1. The average Bonchev–Trinajstić information content (AvgIpc) is 2.70. The molecule has 2 heterocycles. The van der Waals surface area contributed by atoms with Gasteiger partial charge in [-0.25, -0.2) is 4.39 Å². The van der Waals surface area contributed by atoms with Crippen molar-refractivity contribution in [2.75, 3.05) is 29.9 Å². The number of aliphatic hydroxyl groups excluding tert-OH is 1. The maximum absolute atomic E-state index is 14.3. The third-order valence-corrected chi connectivity index (χ3v) is 6.45. The summed E-state index contributed by atoms with van der Waals surface area (Å²) in [5, 5.41) is 24.8. The van der Waals surface area contributed by atoms with E-state index in [0.29, 0.717) is 46.0 Å². The third-order valence-electron chi connectivity index (χ3n) is 5.64. The first kappa shape index (κ1) is 21.4. The molecule has 2 aromatic carbocycles. The van der Waals surface area contributed by atoms with Crippen LogP contribution in [0.4, 0.5) is 15.8 Å². The van der Waals surface area contributed by atoms with Crippen LogP contribution in [-0.4, -0.2) is 47.5 Å². The van der Waals surface area contributed by atoms with E-state index >= 15 is 0 Å². The van der Waals surface area contributed by atoms with Crippen molar-refractivity contribution in [3.05, 3.63) is 51.2 Å². The Morgan fingerprint density at radius 2 is 2.13 bits per heavy atom. The molecule has 0 spiro atoms. The quantitative estimate of drug-likeness (QED) is 0.600. The van der Waals surface area contributed by atoms with E-state index in [1.54, 1.807) is 29.2 Å². The Hall–Kier alpha value is -1.87. The summed E-state index contributed by atoms with van der Waals surface area (Å²) in [6.07, 6.45) is -0.119. The van der Waals surface area contributed by atoms with Crippen molar-refractivity contribution in [1.82, 2.24) is 0 Å². The summed E-state index contributed by atoms with van der Waals surface area (Å²) >= 11 is 9.41. The molecule has 4 rings (SSSR count). The molecule has 0 aromatic heterocycles. The van der Waals surface area contributed by atoms with Crippen molar-refractivity contribution in [3.8, 4) is 5.75 Å². The van der Waals surface area contributed by atoms with Crippen LogP contribution in [0.1, 0.15) is 18.4 Å². The van der Waals surface area contributed by atoms with Crippen molar-refractivity contribution in [3.63, 3.8) is 0 Å². The monoisotopic (exact) mass is 498 g/mol. The first-order chi connectivity index (χ1) is 14.3. The van der Waals surface area contributed by atoms with Crippen molar-refractivity contribution < 1.29 is 24.1 Å². The number of hydrogen-bond donors (Lipinski definition) is 3. The molecule has 2 aromatic rings. The fourth-order valence-electron chi connectivity index (χ4n) is 3.85. The van der Waals surface area contributed by atoms with Crippen LogP contribution in [0.2, 0.25) is 5.02 Å². The molecular weight excluding hydrogens is 479 g/mol. The normalized spacial score (nSPS) is 23.7. The maximum Gasteiger partial charge on any atom is 0.224 e. The van der Waals surface area contributed by atoms with Gasteiger partial charge in [0.15, 0.2) is 0 Å². The molecule has 0 bridgehead atoms. The van der Waals surface area contributed by atoms with E-state index in [4.69, 9.17) is 16.3 Å². The number of anilines is 2. The van der Waals surface area contributed by atoms with Crippen LogP contribution in [0.5, 0.6) is 5.75 Å². The first-order valence-electron chi connectivity index (χ1n) is 9.61. The lowest BCUT2D eigenvalue weighted by Gasteiger charge is -2.42. The Morgan fingerprint density at radius 1 is 1.33 bits per heavy atom. The number of amides is 1. The number of piperidine rings is 1. The summed E-state index contributed by atoms with van der Waals surface area (Å²) in [7, 11) is 0. The lowest BCUT2D eigenvalue weighted by Crippen LogP contribution is -2.58. The molecule has 1 amide bonds. The van der Waals surface area contributed by atoms with Gasteiger partial charge in [-0.1, -0.05) is 27.5 Å². The highest BCUT2D eigenvalue weighted by atomic mass is 79.9. The highest BCUT2D eigenvalue weighted by Gasteiger charge is 2.42. The highest BCUT2D eigenvalue weighted by Crippen LogP contribution is 2.38. The van der Waals surface area contributed by atoms with Gasteiger partial charge >= 0.3 is 0 Å². The lowest BCUT2D eigenvalue weighted by molar-refractivity contribution is -0.116. The van der Waals surface area contributed by atoms with Gasteiger partial charge in [-0.2, -0.15) is 0 Å². The predicted octanol–water partition coefficient (Wildman–Crippen LogP) is 3.51. The fourth-order valence-corrected chi connectivity index (χ4v) is 4.41. The second-order valence-corrected chi connectivity index (χ2v) is 8.97. The van der Waals surface area contributed by atoms with Gasteiger partial charge in [-0.15, -0.1) is 0 Å². The molecule has 2 aliphatic rings. The zero-order chi connectivity index (χ0) is 21.5. The molecule has 6 nitrogen and oxygen atoms in total. The molecule has 30 heavy (non-hydrogen) atoms. The van der Waals surface area contributed by atoms with Gasteiger partial charge in [-0.3, -0.25) is 4.79 Å². The van der Waals surface area contributed by atoms with Crippen LogP contribution >= 0.6 is 27.5 Å². The van der Waals surface area contributed by atoms with Crippen molar-refractivity contribution in [2.45, 2.75) is 31.0 Å². The number of aliphatic hydroxyl groups is 2. The SMILES string of the molecule is O=C1CCc2c(OCC3(O)CCN(c4ccc(Br)cc4F)CC3O)ccc(Cl)c2N1. The second kappa shape index (κ2) is 8.34. The minimum atomic E-state index is -1.48. The summed E-state index contributed by atoms with van der Waals surface area (Å²) in [5.41, 5.74) is 0.197. The minimum absolute atomic E-state index is 0.0766. The van der Waals surface area contributed by atoms with E-state index in [1.807, 2.05) is 0 Å². The molecule has 3 N–H and O–H groups in total. The number of ether oxygens (including phenoxy) is 1. The summed E-state index contributed by atoms with van der Waals surface area (Å²) < 4.78 is 20.8. The van der Waals surface area contributed by atoms with Crippen LogP contribution in [0.25, 0.3) is 0 Å². The number of fused-ring (bicyclic) bond motifs is 1. The van der Waals surface area contributed by atoms with E-state index in [0.717, 1.165) is 5.56 Å². The topological polar surface area (TPSA) is 82.0 Å². The molecule has 2 atom stereocenters. The minimum Gasteiger partial charge on any atom is -0.490 e. The Kier molecular flexibility index (Phi) is 5.94. The average molecular weight is 500 g/mol. The largest absolute Gasteiger partial charge is 0.490 e. The number of carbonyl (C=O) groups is 1. The van der Waals surface area contributed by atoms with E-state index in [2.05, 4.69) is 21.2 Å². The number of halogens is 3. The van der Waals surface area contributed by atoms with E-state index in [-0.39, 0.29) is 25.5 Å². The van der Waals surface area contributed by atoms with Gasteiger partial charge in [0.1, 0.15) is 29.9 Å². The molecule has 0 aliphatic carbocycles. The zero-order valence-corrected chi connectivity index (χ0v) is 18.3. The molecule has 160 valence electrons. The number of benzene rings is 2.